The van der Waals surface area contributed by atoms with Crippen LogP contribution in [0.4, 0.5) is 0 Å². The summed E-state index contributed by atoms with van der Waals surface area (Å²) in [7, 11) is 1.58. The lowest BCUT2D eigenvalue weighted by atomic mass is 10.0. The van der Waals surface area contributed by atoms with Gasteiger partial charge >= 0.3 is 0 Å². The van der Waals surface area contributed by atoms with Crippen LogP contribution >= 0.6 is 0 Å². The monoisotopic (exact) mass is 664 g/mol. The number of nitrogens with zero attached hydrogens (tertiary/aromatic N) is 3. The van der Waals surface area contributed by atoms with E-state index in [9.17, 15) is 14.4 Å². The number of fused-ring (bicyclic) bond motifs is 5. The Hall–Kier alpha value is -5.70. The second-order valence-electron chi connectivity index (χ2n) is 10.9. The molecule has 0 radical (unpaired) electrons. The second kappa shape index (κ2) is 18.4. The predicted octanol–water partition coefficient (Wildman–Crippen LogP) is 1.95. The molecule has 0 aliphatic carbocycles. The zero-order valence-corrected chi connectivity index (χ0v) is 26.9. The Morgan fingerprint density at radius 2 is 1.79 bits per heavy atom. The standard InChI is InChI=1S/C31H36N6O5.2CH2O2/c1-20(2)29-31(40)33-11-13-37-12-10-32-30(37)21-8-9-26(41-3)27(16-21)42-15-14-36(19-28(39)35-29)18-22-17-25(38)23-6-4-5-7-24(23)34-22;2*2-1-3/h4-10,12,16-17,20,29H,11,13-15,18-19H2,1-3H3,(H,33,40)(H,34,38)(H,35,39);2*1H,(H,2,3)/t29-;;/m1../s1. The smallest absolute Gasteiger partial charge is 0.290 e. The number of carbonyl (C=O) groups is 4. The summed E-state index contributed by atoms with van der Waals surface area (Å²) in [5, 5.41) is 20.2. The molecule has 1 aliphatic rings. The highest BCUT2D eigenvalue weighted by Crippen LogP contribution is 2.32. The molecule has 5 N–H and O–H groups in total. The van der Waals surface area contributed by atoms with Crippen LogP contribution < -0.4 is 25.5 Å². The summed E-state index contributed by atoms with van der Waals surface area (Å²) >= 11 is 0. The third kappa shape index (κ3) is 10.2. The molecule has 2 aromatic heterocycles. The number of amides is 2. The van der Waals surface area contributed by atoms with Crippen LogP contribution in [0.25, 0.3) is 22.3 Å². The van der Waals surface area contributed by atoms with Crippen molar-refractivity contribution in [3.8, 4) is 22.9 Å². The largest absolute Gasteiger partial charge is 0.493 e. The molecule has 48 heavy (non-hydrogen) atoms. The fourth-order valence-corrected chi connectivity index (χ4v) is 5.12. The minimum absolute atomic E-state index is 0.00126. The Bertz CT molecular complexity index is 1730. The van der Waals surface area contributed by atoms with Gasteiger partial charge in [-0.3, -0.25) is 28.9 Å². The van der Waals surface area contributed by atoms with Gasteiger partial charge in [0.15, 0.2) is 16.9 Å². The minimum atomic E-state index is -0.701. The molecule has 2 amide bonds. The Morgan fingerprint density at radius 1 is 1.06 bits per heavy atom. The first-order valence-corrected chi connectivity index (χ1v) is 15.0. The van der Waals surface area contributed by atoms with Crippen molar-refractivity contribution in [2.75, 3.05) is 33.4 Å². The van der Waals surface area contributed by atoms with Gasteiger partial charge in [0.05, 0.1) is 13.7 Å². The molecule has 3 heterocycles. The molecule has 0 saturated carbocycles. The van der Waals surface area contributed by atoms with E-state index in [1.54, 1.807) is 25.4 Å². The van der Waals surface area contributed by atoms with E-state index in [2.05, 4.69) is 20.6 Å². The summed E-state index contributed by atoms with van der Waals surface area (Å²) in [6.07, 6.45) is 3.57. The van der Waals surface area contributed by atoms with E-state index in [1.807, 2.05) is 65.9 Å². The lowest BCUT2D eigenvalue weighted by Gasteiger charge is -2.25. The third-order valence-electron chi connectivity index (χ3n) is 7.27. The number of hydrogen-bond acceptors (Lipinski definition) is 9. The van der Waals surface area contributed by atoms with Gasteiger partial charge in [0, 0.05) is 66.8 Å². The van der Waals surface area contributed by atoms with E-state index in [0.717, 1.165) is 16.9 Å². The average molecular weight is 665 g/mol. The molecule has 0 saturated heterocycles. The number of aromatic nitrogens is 3. The lowest BCUT2D eigenvalue weighted by molar-refractivity contribution is -0.130. The SMILES string of the molecule is COc1ccc2cc1OCCN(Cc1cc(=O)c3ccccc3[nH]1)CC(=O)N[C@H](C(C)C)C(=O)NCCn1ccnc1-2.O=CO.O=CO. The molecular formula is C33H40N6O9. The molecular weight excluding hydrogens is 624 g/mol. The summed E-state index contributed by atoms with van der Waals surface area (Å²) in [4.78, 5) is 65.6. The van der Waals surface area contributed by atoms with E-state index in [0.29, 0.717) is 48.8 Å². The number of imidazole rings is 1. The van der Waals surface area contributed by atoms with Crippen LogP contribution in [0.1, 0.15) is 19.5 Å². The van der Waals surface area contributed by atoms with Gasteiger partial charge in [0.2, 0.25) is 11.8 Å². The molecule has 5 rings (SSSR count). The highest BCUT2D eigenvalue weighted by Gasteiger charge is 2.25. The van der Waals surface area contributed by atoms with Crippen LogP contribution in [-0.4, -0.2) is 93.8 Å². The van der Waals surface area contributed by atoms with Gasteiger partial charge in [-0.1, -0.05) is 26.0 Å². The maximum absolute atomic E-state index is 13.3. The maximum Gasteiger partial charge on any atom is 0.290 e. The number of aromatic amines is 1. The summed E-state index contributed by atoms with van der Waals surface area (Å²) in [5.41, 5.74) is 2.14. The van der Waals surface area contributed by atoms with E-state index in [1.165, 1.54) is 0 Å². The normalized spacial score (nSPS) is 15.5. The van der Waals surface area contributed by atoms with Gasteiger partial charge in [-0.25, -0.2) is 4.98 Å². The average Bonchev–Trinajstić information content (AvgIpc) is 3.52. The van der Waals surface area contributed by atoms with Gasteiger partial charge in [-0.15, -0.1) is 0 Å². The maximum atomic E-state index is 13.3. The van der Waals surface area contributed by atoms with Gasteiger partial charge in [-0.05, 0) is 36.2 Å². The Kier molecular flexibility index (Phi) is 14.1. The summed E-state index contributed by atoms with van der Waals surface area (Å²) < 4.78 is 13.7. The van der Waals surface area contributed by atoms with Crippen molar-refractivity contribution in [1.29, 1.82) is 0 Å². The molecule has 1 aliphatic heterocycles. The zero-order valence-electron chi connectivity index (χ0n) is 26.9. The molecule has 0 spiro atoms. The fraction of sp³-hybridized carbons (Fsp3) is 0.333. The minimum Gasteiger partial charge on any atom is -0.493 e. The molecule has 0 unspecified atom stereocenters. The van der Waals surface area contributed by atoms with Crippen molar-refractivity contribution in [3.63, 3.8) is 0 Å². The summed E-state index contributed by atoms with van der Waals surface area (Å²) in [6, 6.07) is 13.8. The van der Waals surface area contributed by atoms with Crippen molar-refractivity contribution in [1.82, 2.24) is 30.1 Å². The number of carbonyl (C=O) groups excluding carboxylic acids is 2. The number of benzene rings is 2. The van der Waals surface area contributed by atoms with Gasteiger partial charge < -0.3 is 39.9 Å². The van der Waals surface area contributed by atoms with Crippen molar-refractivity contribution >= 4 is 35.7 Å². The van der Waals surface area contributed by atoms with Crippen LogP contribution in [0.15, 0.2) is 65.7 Å². The number of rotatable bonds is 4. The number of pyridine rings is 1. The molecule has 2 bridgehead atoms. The number of carboxylic acid groups (broad SMARTS) is 2. The molecule has 2 aromatic carbocycles. The van der Waals surface area contributed by atoms with Crippen LogP contribution in [0.5, 0.6) is 11.5 Å². The predicted molar refractivity (Wildman–Crippen MR) is 177 cm³/mol. The van der Waals surface area contributed by atoms with Gasteiger partial charge in [0.1, 0.15) is 18.5 Å². The van der Waals surface area contributed by atoms with Crippen molar-refractivity contribution in [3.05, 3.63) is 76.8 Å². The van der Waals surface area contributed by atoms with E-state index in [4.69, 9.17) is 29.3 Å². The van der Waals surface area contributed by atoms with Crippen LogP contribution in [0.2, 0.25) is 0 Å². The summed E-state index contributed by atoms with van der Waals surface area (Å²) in [6.45, 7) is 5.06. The molecule has 15 nitrogen and oxygen atoms in total. The summed E-state index contributed by atoms with van der Waals surface area (Å²) in [5.74, 6) is 1.19. The van der Waals surface area contributed by atoms with E-state index in [-0.39, 0.29) is 49.3 Å². The Labute approximate surface area is 276 Å². The number of nitrogens with one attached hydrogen (secondary N) is 3. The first-order chi connectivity index (χ1) is 23.1. The molecule has 1 atom stereocenters. The van der Waals surface area contributed by atoms with Crippen LogP contribution in [-0.2, 0) is 32.3 Å². The van der Waals surface area contributed by atoms with Gasteiger partial charge in [0.25, 0.3) is 12.9 Å². The van der Waals surface area contributed by atoms with E-state index >= 15 is 0 Å². The quantitative estimate of drug-likeness (QED) is 0.199. The lowest BCUT2D eigenvalue weighted by Crippen LogP contribution is -2.52. The van der Waals surface area contributed by atoms with Crippen LogP contribution in [0, 0.1) is 5.92 Å². The first-order valence-electron chi connectivity index (χ1n) is 15.0. The number of para-hydroxylation sites is 1. The number of H-pyrrole nitrogens is 1. The number of ether oxygens (including phenoxy) is 2. The highest BCUT2D eigenvalue weighted by molar-refractivity contribution is 5.88. The van der Waals surface area contributed by atoms with Crippen LogP contribution in [0.3, 0.4) is 0 Å². The van der Waals surface area contributed by atoms with Crippen molar-refractivity contribution in [2.45, 2.75) is 33.0 Å². The Balaban J connectivity index is 0.000000969. The first kappa shape index (κ1) is 36.8. The second-order valence-corrected chi connectivity index (χ2v) is 10.9. The topological polar surface area (TPSA) is 205 Å². The zero-order chi connectivity index (χ0) is 35.1. The van der Waals surface area contributed by atoms with E-state index < -0.39 is 6.04 Å². The highest BCUT2D eigenvalue weighted by atomic mass is 16.5. The molecule has 256 valence electrons. The number of methoxy groups -OCH3 is 1. The number of hydrogen-bond donors (Lipinski definition) is 5. The Morgan fingerprint density at radius 3 is 2.50 bits per heavy atom. The van der Waals surface area contributed by atoms with Gasteiger partial charge in [-0.2, -0.15) is 0 Å². The van der Waals surface area contributed by atoms with Crippen molar-refractivity contribution < 1.29 is 38.9 Å². The molecule has 0 fully saturated rings. The molecule has 15 heteroatoms. The van der Waals surface area contributed by atoms with Crippen molar-refractivity contribution in [2.24, 2.45) is 5.92 Å². The third-order valence-corrected chi connectivity index (χ3v) is 7.27. The molecule has 4 aromatic rings. The fourth-order valence-electron chi connectivity index (χ4n) is 5.12.